The van der Waals surface area contributed by atoms with Crippen molar-refractivity contribution in [2.45, 2.75) is 51.0 Å². The van der Waals surface area contributed by atoms with E-state index in [4.69, 9.17) is 11.0 Å². The number of nitriles is 1. The Morgan fingerprint density at radius 1 is 1.21 bits per heavy atom. The maximum Gasteiger partial charge on any atom is 0.327 e. The number of nitrogens with two attached hydrogens (primary N) is 1. The molecule has 0 radical (unpaired) electrons. The molecule has 2 fully saturated rings. The van der Waals surface area contributed by atoms with E-state index in [1.54, 1.807) is 27.9 Å². The van der Waals surface area contributed by atoms with Crippen molar-refractivity contribution in [2.75, 3.05) is 26.2 Å². The summed E-state index contributed by atoms with van der Waals surface area (Å²) in [5, 5.41) is 8.52. The Bertz CT molecular complexity index is 1440. The lowest BCUT2D eigenvalue weighted by Gasteiger charge is -2.32. The summed E-state index contributed by atoms with van der Waals surface area (Å²) in [6.07, 6.45) is 6.84. The zero-order valence-electron chi connectivity index (χ0n) is 21.8. The van der Waals surface area contributed by atoms with Crippen LogP contribution in [0.5, 0.6) is 0 Å². The molecule has 0 spiro atoms. The molecular weight excluding hydrogens is 506 g/mol. The first kappa shape index (κ1) is 27.8. The number of rotatable bonds is 3. The predicted octanol–water partition coefficient (Wildman–Crippen LogP) is 3.24. The molecule has 206 valence electrons. The Labute approximate surface area is 224 Å². The van der Waals surface area contributed by atoms with Gasteiger partial charge in [0.15, 0.2) is 17.3 Å². The first-order valence-corrected chi connectivity index (χ1v) is 13.1. The highest BCUT2D eigenvalue weighted by Crippen LogP contribution is 2.29. The number of likely N-dealkylation sites (N-methyl/N-ethyl adjacent to an activating group) is 1. The number of likely N-dealkylation sites (tertiary alicyclic amines) is 2. The van der Waals surface area contributed by atoms with Crippen molar-refractivity contribution in [3.05, 3.63) is 64.2 Å². The smallest absolute Gasteiger partial charge is 0.327 e. The summed E-state index contributed by atoms with van der Waals surface area (Å²) < 4.78 is 28.8. The minimum Gasteiger partial charge on any atom is -0.369 e. The minimum absolute atomic E-state index is 0.0987. The molecule has 39 heavy (non-hydrogen) atoms. The molecule has 1 amide bonds. The van der Waals surface area contributed by atoms with Crippen molar-refractivity contribution in [1.82, 2.24) is 24.3 Å². The topological polar surface area (TPSA) is 136 Å². The van der Waals surface area contributed by atoms with Gasteiger partial charge in [0.2, 0.25) is 18.1 Å². The monoisotopic (exact) mass is 538 g/mol. The van der Waals surface area contributed by atoms with E-state index in [0.29, 0.717) is 43.8 Å². The average molecular weight is 539 g/mol. The lowest BCUT2D eigenvalue weighted by atomic mass is 9.93. The quantitative estimate of drug-likeness (QED) is 0.299. The van der Waals surface area contributed by atoms with Gasteiger partial charge in [-0.2, -0.15) is 5.26 Å². The number of imidazole rings is 1. The number of hydrogen-bond donors (Lipinski definition) is 2. The number of halogens is 2. The Kier molecular flexibility index (Phi) is 8.91. The summed E-state index contributed by atoms with van der Waals surface area (Å²) in [5.74, 6) is -1.34. The van der Waals surface area contributed by atoms with Gasteiger partial charge in [0.25, 0.3) is 0 Å². The van der Waals surface area contributed by atoms with E-state index in [9.17, 15) is 18.4 Å². The maximum atomic E-state index is 13.8. The van der Waals surface area contributed by atoms with Crippen LogP contribution in [0.1, 0.15) is 56.6 Å². The van der Waals surface area contributed by atoms with E-state index in [0.717, 1.165) is 37.3 Å². The van der Waals surface area contributed by atoms with Gasteiger partial charge in [-0.05, 0) is 56.4 Å². The number of amides is 1. The zero-order chi connectivity index (χ0) is 27.9. The van der Waals surface area contributed by atoms with Crippen molar-refractivity contribution in [1.29, 1.82) is 5.26 Å². The maximum absolute atomic E-state index is 13.8. The fourth-order valence-electron chi connectivity index (χ4n) is 5.31. The van der Waals surface area contributed by atoms with Crippen LogP contribution in [-0.4, -0.2) is 62.4 Å². The third-order valence-electron chi connectivity index (χ3n) is 7.35. The van der Waals surface area contributed by atoms with Gasteiger partial charge in [-0.3, -0.25) is 14.3 Å². The van der Waals surface area contributed by atoms with Crippen LogP contribution >= 0.6 is 0 Å². The molecule has 4 heterocycles. The lowest BCUT2D eigenvalue weighted by molar-refractivity contribution is -0.130. The number of pyridine rings is 1. The van der Waals surface area contributed by atoms with Crippen molar-refractivity contribution in [3.63, 3.8) is 0 Å². The molecule has 0 bridgehead atoms. The van der Waals surface area contributed by atoms with Crippen LogP contribution in [0.25, 0.3) is 11.2 Å². The van der Waals surface area contributed by atoms with Gasteiger partial charge in [-0.25, -0.2) is 18.6 Å². The van der Waals surface area contributed by atoms with Crippen molar-refractivity contribution >= 4 is 23.0 Å². The third kappa shape index (κ3) is 6.25. The molecule has 1 aromatic carbocycles. The predicted molar refractivity (Wildman–Crippen MR) is 143 cm³/mol. The van der Waals surface area contributed by atoms with Gasteiger partial charge >= 0.3 is 5.69 Å². The van der Waals surface area contributed by atoms with E-state index < -0.39 is 11.6 Å². The van der Waals surface area contributed by atoms with Gasteiger partial charge in [0.05, 0.1) is 5.52 Å². The molecule has 10 nitrogen and oxygen atoms in total. The highest BCUT2D eigenvalue weighted by Gasteiger charge is 2.26. The van der Waals surface area contributed by atoms with Crippen molar-refractivity contribution < 1.29 is 13.6 Å². The number of nitrogens with zero attached hydrogens (tertiary/aromatic N) is 6. The molecule has 2 aromatic heterocycles. The Morgan fingerprint density at radius 2 is 1.97 bits per heavy atom. The number of carbonyl (C=O) groups excluding carboxylic acids is 1. The summed E-state index contributed by atoms with van der Waals surface area (Å²) in [6.45, 7) is 4.34. The fourth-order valence-corrected chi connectivity index (χ4v) is 5.31. The van der Waals surface area contributed by atoms with Gasteiger partial charge in [0.1, 0.15) is 0 Å². The van der Waals surface area contributed by atoms with Crippen LogP contribution < -0.4 is 11.4 Å². The van der Waals surface area contributed by atoms with Crippen LogP contribution in [0.2, 0.25) is 0 Å². The van der Waals surface area contributed by atoms with Gasteiger partial charge in [-0.15, -0.1) is 4.99 Å². The van der Waals surface area contributed by atoms with Gasteiger partial charge in [-0.1, -0.05) is 12.1 Å². The molecule has 1 atom stereocenters. The first-order chi connectivity index (χ1) is 18.8. The van der Waals surface area contributed by atoms with Gasteiger partial charge in [0, 0.05) is 50.8 Å². The molecule has 5 rings (SSSR count). The SMILES string of the molecule is CCN1C[C@H](c2cccc(F)c2F)CCCC1=O.N#CN=C(N)N1CCC(n2c(=O)[nH]c3ncccc32)CC1. The van der Waals surface area contributed by atoms with E-state index in [1.807, 2.05) is 24.0 Å². The summed E-state index contributed by atoms with van der Waals surface area (Å²) in [7, 11) is 0. The number of fused-ring (bicyclic) bond motifs is 1. The summed E-state index contributed by atoms with van der Waals surface area (Å²) in [4.78, 5) is 37.9. The lowest BCUT2D eigenvalue weighted by Crippen LogP contribution is -2.44. The second-order valence-corrected chi connectivity index (χ2v) is 9.62. The summed E-state index contributed by atoms with van der Waals surface area (Å²) in [5.41, 5.74) is 7.39. The third-order valence-corrected chi connectivity index (χ3v) is 7.35. The largest absolute Gasteiger partial charge is 0.369 e. The van der Waals surface area contributed by atoms with E-state index in [2.05, 4.69) is 15.0 Å². The second-order valence-electron chi connectivity index (χ2n) is 9.62. The van der Waals surface area contributed by atoms with Crippen molar-refractivity contribution in [3.8, 4) is 6.19 Å². The second kappa shape index (κ2) is 12.5. The summed E-state index contributed by atoms with van der Waals surface area (Å²) >= 11 is 0. The normalized spacial score (nSPS) is 18.9. The highest BCUT2D eigenvalue weighted by atomic mass is 19.2. The molecule has 2 saturated heterocycles. The first-order valence-electron chi connectivity index (χ1n) is 13.1. The molecular formula is C27H32F2N8O2. The molecule has 0 aliphatic carbocycles. The van der Waals surface area contributed by atoms with Crippen LogP contribution in [0.15, 0.2) is 46.3 Å². The number of aromatic amines is 1. The molecule has 2 aliphatic rings. The standard InChI is InChI=1S/C14H17F2NO.C13H15N7O/c1-2-17-9-10(5-3-8-13(17)18)11-6-4-7-12(15)14(11)16;14-8-17-12(15)19-6-3-9(4-7-19)20-10-2-1-5-16-11(10)18-13(20)21/h4,6-7,10H,2-3,5,8-9H2,1H3;1-2,5,9H,3-4,6-7H2,(H2,15,17)(H,16,18,21)/t10-;/m1./s1. The van der Waals surface area contributed by atoms with E-state index >= 15 is 0 Å². The van der Waals surface area contributed by atoms with Crippen LogP contribution in [0, 0.1) is 23.1 Å². The Morgan fingerprint density at radius 3 is 2.69 bits per heavy atom. The van der Waals surface area contributed by atoms with Crippen LogP contribution in [-0.2, 0) is 4.79 Å². The molecule has 12 heteroatoms. The molecule has 3 aromatic rings. The number of hydrogen-bond acceptors (Lipinski definition) is 5. The molecule has 3 N–H and O–H groups in total. The number of guanidine groups is 1. The number of carbonyl (C=O) groups is 1. The number of benzene rings is 1. The zero-order valence-corrected chi connectivity index (χ0v) is 21.8. The van der Waals surface area contributed by atoms with E-state index in [-0.39, 0.29) is 29.5 Å². The van der Waals surface area contributed by atoms with Crippen molar-refractivity contribution in [2.24, 2.45) is 10.7 Å². The Hall–Kier alpha value is -4.27. The van der Waals surface area contributed by atoms with Crippen LogP contribution in [0.4, 0.5) is 8.78 Å². The van der Waals surface area contributed by atoms with E-state index in [1.165, 1.54) is 6.07 Å². The molecule has 0 unspecified atom stereocenters. The Balaban J connectivity index is 0.000000183. The average Bonchev–Trinajstić information content (AvgIpc) is 3.16. The number of aromatic nitrogens is 3. The number of H-pyrrole nitrogens is 1. The molecule has 2 aliphatic heterocycles. The highest BCUT2D eigenvalue weighted by molar-refractivity contribution is 5.79. The summed E-state index contributed by atoms with van der Waals surface area (Å²) in [6, 6.07) is 8.07. The number of aliphatic imine (C=N–C) groups is 1. The number of piperidine rings is 1. The molecule has 0 saturated carbocycles. The van der Waals surface area contributed by atoms with Crippen LogP contribution in [0.3, 0.4) is 0 Å². The van der Waals surface area contributed by atoms with Gasteiger partial charge < -0.3 is 15.5 Å². The fraction of sp³-hybridized carbons (Fsp3) is 0.444. The minimum atomic E-state index is -0.814. The number of nitrogens with one attached hydrogen (secondary N) is 1.